The fraction of sp³-hybridized carbons (Fsp3) is 0.211. The molecule has 0 aliphatic carbocycles. The number of benzene rings is 2. The molecule has 0 fully saturated rings. The van der Waals surface area contributed by atoms with E-state index in [1.807, 2.05) is 34.5 Å². The van der Waals surface area contributed by atoms with Crippen LogP contribution in [0.1, 0.15) is 29.3 Å². The Morgan fingerprint density at radius 3 is 2.96 bits per heavy atom. The number of thiophene rings is 1. The lowest BCUT2D eigenvalue weighted by atomic mass is 9.95. The first kappa shape index (κ1) is 14.4. The van der Waals surface area contributed by atoms with E-state index >= 15 is 0 Å². The molecule has 1 aliphatic rings. The summed E-state index contributed by atoms with van der Waals surface area (Å²) >= 11 is 1.58. The van der Waals surface area contributed by atoms with Gasteiger partial charge in [-0.25, -0.2) is 4.39 Å². The second kappa shape index (κ2) is 5.46. The molecule has 3 aromatic rings. The lowest BCUT2D eigenvalue weighted by Gasteiger charge is -2.35. The number of halogens is 1. The largest absolute Gasteiger partial charge is 0.305 e. The lowest BCUT2D eigenvalue weighted by Crippen LogP contribution is -2.42. The van der Waals surface area contributed by atoms with E-state index in [4.69, 9.17) is 0 Å². The van der Waals surface area contributed by atoms with Crippen molar-refractivity contribution >= 4 is 33.0 Å². The minimum absolute atomic E-state index is 0.00232. The van der Waals surface area contributed by atoms with Gasteiger partial charge in [-0.05, 0) is 49.6 Å². The molecule has 1 aliphatic heterocycles. The third-order valence-corrected chi connectivity index (χ3v) is 5.47. The van der Waals surface area contributed by atoms with E-state index in [2.05, 4.69) is 6.92 Å². The molecule has 0 saturated heterocycles. The Morgan fingerprint density at radius 2 is 2.09 bits per heavy atom. The van der Waals surface area contributed by atoms with Crippen LogP contribution in [-0.4, -0.2) is 11.9 Å². The van der Waals surface area contributed by atoms with Crippen molar-refractivity contribution in [3.05, 3.63) is 64.8 Å². The first-order valence-corrected chi connectivity index (χ1v) is 8.61. The van der Waals surface area contributed by atoms with Crippen LogP contribution in [0.15, 0.2) is 47.8 Å². The normalized spacial score (nSPS) is 17.3. The Kier molecular flexibility index (Phi) is 3.42. The summed E-state index contributed by atoms with van der Waals surface area (Å²) in [5, 5.41) is 2.92. The second-order valence-electron chi connectivity index (χ2n) is 5.98. The van der Waals surface area contributed by atoms with E-state index in [0.29, 0.717) is 0 Å². The smallest absolute Gasteiger partial charge is 0.260 e. The van der Waals surface area contributed by atoms with Crippen molar-refractivity contribution in [2.45, 2.75) is 25.8 Å². The summed E-state index contributed by atoms with van der Waals surface area (Å²) in [4.78, 5) is 15.0. The topological polar surface area (TPSA) is 20.3 Å². The van der Waals surface area contributed by atoms with Gasteiger partial charge in [0.25, 0.3) is 5.91 Å². The highest BCUT2D eigenvalue weighted by Gasteiger charge is 2.30. The Hall–Kier alpha value is -2.20. The monoisotopic (exact) mass is 325 g/mol. The molecule has 23 heavy (non-hydrogen) atoms. The van der Waals surface area contributed by atoms with Gasteiger partial charge in [-0.3, -0.25) is 4.79 Å². The average molecular weight is 325 g/mol. The number of hydrogen-bond donors (Lipinski definition) is 0. The molecule has 2 heterocycles. The fourth-order valence-corrected chi connectivity index (χ4v) is 4.24. The van der Waals surface area contributed by atoms with Gasteiger partial charge < -0.3 is 4.90 Å². The molecule has 1 atom stereocenters. The number of aryl methyl sites for hydroxylation is 1. The first-order chi connectivity index (χ1) is 11.1. The highest BCUT2D eigenvalue weighted by molar-refractivity contribution is 7.17. The molecular weight excluding hydrogens is 309 g/mol. The van der Waals surface area contributed by atoms with E-state index in [0.717, 1.165) is 39.7 Å². The van der Waals surface area contributed by atoms with Crippen molar-refractivity contribution in [3.63, 3.8) is 0 Å². The summed E-state index contributed by atoms with van der Waals surface area (Å²) in [6.45, 7) is 2.05. The van der Waals surface area contributed by atoms with Gasteiger partial charge >= 0.3 is 0 Å². The predicted octanol–water partition coefficient (Wildman–Crippen LogP) is 5.02. The quantitative estimate of drug-likeness (QED) is 0.615. The van der Waals surface area contributed by atoms with Crippen molar-refractivity contribution in [1.82, 2.24) is 0 Å². The summed E-state index contributed by atoms with van der Waals surface area (Å²) in [5.41, 5.74) is 2.48. The van der Waals surface area contributed by atoms with Crippen LogP contribution in [0.25, 0.3) is 10.1 Å². The zero-order valence-corrected chi connectivity index (χ0v) is 13.6. The molecule has 0 radical (unpaired) electrons. The number of fused-ring (bicyclic) bond motifs is 2. The lowest BCUT2D eigenvalue weighted by molar-refractivity contribution is 0.0977. The average Bonchev–Trinajstić information content (AvgIpc) is 2.98. The minimum Gasteiger partial charge on any atom is -0.305 e. The van der Waals surface area contributed by atoms with Crippen molar-refractivity contribution < 1.29 is 9.18 Å². The van der Waals surface area contributed by atoms with Crippen LogP contribution in [0.4, 0.5) is 10.1 Å². The zero-order valence-electron chi connectivity index (χ0n) is 12.8. The molecule has 0 bridgehead atoms. The van der Waals surface area contributed by atoms with Crippen molar-refractivity contribution in [1.29, 1.82) is 0 Å². The Labute approximate surface area is 138 Å². The molecule has 2 nitrogen and oxygen atoms in total. The van der Waals surface area contributed by atoms with Crippen LogP contribution in [0.5, 0.6) is 0 Å². The molecule has 1 amide bonds. The highest BCUT2D eigenvalue weighted by Crippen LogP contribution is 2.35. The summed E-state index contributed by atoms with van der Waals surface area (Å²) in [6.07, 6.45) is 1.66. The zero-order chi connectivity index (χ0) is 16.0. The van der Waals surface area contributed by atoms with Gasteiger partial charge in [0.2, 0.25) is 0 Å². The standard InChI is InChI=1S/C19H16FNOS/c1-12-6-7-13-10-14(20)8-9-17(13)21(12)19(22)16-11-23-18-5-3-2-4-15(16)18/h2-5,8-12H,6-7H2,1H3. The van der Waals surface area contributed by atoms with Gasteiger partial charge in [0, 0.05) is 27.2 Å². The van der Waals surface area contributed by atoms with Crippen LogP contribution < -0.4 is 4.90 Å². The Balaban J connectivity index is 1.82. The van der Waals surface area contributed by atoms with Crippen LogP contribution >= 0.6 is 11.3 Å². The van der Waals surface area contributed by atoms with E-state index in [1.54, 1.807) is 23.5 Å². The van der Waals surface area contributed by atoms with Crippen LogP contribution in [0.2, 0.25) is 0 Å². The summed E-state index contributed by atoms with van der Waals surface area (Å²) < 4.78 is 14.6. The number of carbonyl (C=O) groups excluding carboxylic acids is 1. The molecule has 4 heteroatoms. The van der Waals surface area contributed by atoms with Crippen LogP contribution in [0.3, 0.4) is 0 Å². The van der Waals surface area contributed by atoms with Crippen molar-refractivity contribution in [2.75, 3.05) is 4.90 Å². The van der Waals surface area contributed by atoms with Gasteiger partial charge in [0.15, 0.2) is 0 Å². The molecule has 0 saturated carbocycles. The number of amides is 1. The molecule has 116 valence electrons. The second-order valence-corrected chi connectivity index (χ2v) is 6.89. The molecule has 1 aromatic heterocycles. The van der Waals surface area contributed by atoms with Crippen LogP contribution in [0, 0.1) is 5.82 Å². The van der Waals surface area contributed by atoms with E-state index < -0.39 is 0 Å². The number of anilines is 1. The van der Waals surface area contributed by atoms with E-state index in [9.17, 15) is 9.18 Å². The van der Waals surface area contributed by atoms with Crippen molar-refractivity contribution in [3.8, 4) is 0 Å². The maximum atomic E-state index is 13.5. The summed E-state index contributed by atoms with van der Waals surface area (Å²) in [5.74, 6) is -0.241. The molecule has 4 rings (SSSR count). The minimum atomic E-state index is -0.244. The number of hydrogen-bond acceptors (Lipinski definition) is 2. The maximum Gasteiger partial charge on any atom is 0.260 e. The van der Waals surface area contributed by atoms with Gasteiger partial charge in [-0.2, -0.15) is 0 Å². The summed E-state index contributed by atoms with van der Waals surface area (Å²) in [6, 6.07) is 12.8. The van der Waals surface area contributed by atoms with Crippen LogP contribution in [-0.2, 0) is 6.42 Å². The molecule has 2 aromatic carbocycles. The van der Waals surface area contributed by atoms with Gasteiger partial charge in [-0.15, -0.1) is 11.3 Å². The Morgan fingerprint density at radius 1 is 1.26 bits per heavy atom. The Bertz CT molecular complexity index is 901. The van der Waals surface area contributed by atoms with Gasteiger partial charge in [0.05, 0.1) is 5.56 Å². The SMILES string of the molecule is CC1CCc2cc(F)ccc2N1C(=O)c1csc2ccccc12. The first-order valence-electron chi connectivity index (χ1n) is 7.73. The van der Waals surface area contributed by atoms with Crippen molar-refractivity contribution in [2.24, 2.45) is 0 Å². The highest BCUT2D eigenvalue weighted by atomic mass is 32.1. The van der Waals surface area contributed by atoms with Gasteiger partial charge in [0.1, 0.15) is 5.82 Å². The van der Waals surface area contributed by atoms with Gasteiger partial charge in [-0.1, -0.05) is 18.2 Å². The number of rotatable bonds is 1. The molecule has 0 spiro atoms. The molecule has 0 N–H and O–H groups in total. The predicted molar refractivity (Wildman–Crippen MR) is 92.8 cm³/mol. The molecular formula is C19H16FNOS. The van der Waals surface area contributed by atoms with E-state index in [-0.39, 0.29) is 17.8 Å². The third kappa shape index (κ3) is 2.34. The fourth-order valence-electron chi connectivity index (χ4n) is 3.30. The molecule has 1 unspecified atom stereocenters. The number of carbonyl (C=O) groups is 1. The number of nitrogens with zero attached hydrogens (tertiary/aromatic N) is 1. The maximum absolute atomic E-state index is 13.5. The third-order valence-electron chi connectivity index (χ3n) is 4.50. The van der Waals surface area contributed by atoms with E-state index in [1.165, 1.54) is 6.07 Å². The summed E-state index contributed by atoms with van der Waals surface area (Å²) in [7, 11) is 0.